The van der Waals surface area contributed by atoms with E-state index in [1.165, 1.54) is 11.5 Å². The highest BCUT2D eigenvalue weighted by molar-refractivity contribution is 7.03. The fourth-order valence-electron chi connectivity index (χ4n) is 1.91. The van der Waals surface area contributed by atoms with Gasteiger partial charge in [0.25, 0.3) is 0 Å². The van der Waals surface area contributed by atoms with E-state index in [1.54, 1.807) is 0 Å². The minimum absolute atomic E-state index is 0.203. The Morgan fingerprint density at radius 1 is 1.42 bits per heavy atom. The molecule has 1 unspecified atom stereocenters. The molecule has 0 radical (unpaired) electrons. The van der Waals surface area contributed by atoms with Gasteiger partial charge in [-0.25, -0.2) is 0 Å². The Labute approximate surface area is 118 Å². The lowest BCUT2D eigenvalue weighted by Crippen LogP contribution is -2.24. The van der Waals surface area contributed by atoms with Gasteiger partial charge in [-0.05, 0) is 44.4 Å². The number of hydrogen-bond acceptors (Lipinski definition) is 5. The molecule has 2 aromatic rings. The summed E-state index contributed by atoms with van der Waals surface area (Å²) in [5.74, 6) is 0. The second kappa shape index (κ2) is 6.77. The molecule has 0 saturated carbocycles. The first kappa shape index (κ1) is 14.1. The van der Waals surface area contributed by atoms with Gasteiger partial charge in [0, 0.05) is 24.0 Å². The van der Waals surface area contributed by atoms with Crippen molar-refractivity contribution in [3.63, 3.8) is 0 Å². The second-order valence-electron chi connectivity index (χ2n) is 4.92. The van der Waals surface area contributed by atoms with Crippen molar-refractivity contribution in [2.75, 3.05) is 6.54 Å². The first-order chi connectivity index (χ1) is 9.20. The van der Waals surface area contributed by atoms with E-state index in [9.17, 15) is 0 Å². The van der Waals surface area contributed by atoms with Crippen LogP contribution in [-0.4, -0.2) is 25.9 Å². The van der Waals surface area contributed by atoms with Crippen LogP contribution in [0.3, 0.4) is 0 Å². The maximum Gasteiger partial charge on any atom is 0.0928 e. The zero-order valence-corrected chi connectivity index (χ0v) is 12.5. The molecule has 0 aliphatic rings. The summed E-state index contributed by atoms with van der Waals surface area (Å²) in [7, 11) is 0. The SMILES string of the molecule is CCCNC(Cc1ccn(C(C)C)n1)c1csnn1. The summed E-state index contributed by atoms with van der Waals surface area (Å²) < 4.78 is 5.94. The van der Waals surface area contributed by atoms with Crippen LogP contribution in [0.15, 0.2) is 17.6 Å². The maximum atomic E-state index is 4.60. The molecule has 0 aliphatic heterocycles. The van der Waals surface area contributed by atoms with Crippen molar-refractivity contribution in [2.24, 2.45) is 0 Å². The summed E-state index contributed by atoms with van der Waals surface area (Å²) in [4.78, 5) is 0. The second-order valence-corrected chi connectivity index (χ2v) is 5.53. The molecule has 0 aromatic carbocycles. The van der Waals surface area contributed by atoms with Crippen LogP contribution in [0.4, 0.5) is 0 Å². The molecule has 0 fully saturated rings. The summed E-state index contributed by atoms with van der Waals surface area (Å²) in [5, 5.41) is 14.3. The molecular weight excluding hydrogens is 258 g/mol. The lowest BCUT2D eigenvalue weighted by atomic mass is 10.1. The predicted molar refractivity (Wildman–Crippen MR) is 77.3 cm³/mol. The van der Waals surface area contributed by atoms with E-state index >= 15 is 0 Å². The molecule has 0 saturated heterocycles. The average molecular weight is 279 g/mol. The smallest absolute Gasteiger partial charge is 0.0928 e. The molecule has 0 spiro atoms. The maximum absolute atomic E-state index is 4.60. The minimum Gasteiger partial charge on any atom is -0.308 e. The minimum atomic E-state index is 0.203. The van der Waals surface area contributed by atoms with Gasteiger partial charge in [0.05, 0.1) is 17.4 Å². The van der Waals surface area contributed by atoms with E-state index in [2.05, 4.69) is 46.8 Å². The van der Waals surface area contributed by atoms with E-state index in [0.717, 1.165) is 30.8 Å². The Bertz CT molecular complexity index is 477. The van der Waals surface area contributed by atoms with Crippen molar-refractivity contribution in [3.8, 4) is 0 Å². The molecule has 2 rings (SSSR count). The highest BCUT2D eigenvalue weighted by Crippen LogP contribution is 2.17. The Kier molecular flexibility index (Phi) is 5.04. The summed E-state index contributed by atoms with van der Waals surface area (Å²) >= 11 is 1.40. The Balaban J connectivity index is 2.06. The predicted octanol–water partition coefficient (Wildman–Crippen LogP) is 2.60. The quantitative estimate of drug-likeness (QED) is 0.846. The molecule has 1 atom stereocenters. The van der Waals surface area contributed by atoms with E-state index in [4.69, 9.17) is 0 Å². The zero-order chi connectivity index (χ0) is 13.7. The summed E-state index contributed by atoms with van der Waals surface area (Å²) in [5.41, 5.74) is 2.10. The van der Waals surface area contributed by atoms with Crippen molar-refractivity contribution >= 4 is 11.5 Å². The fraction of sp³-hybridized carbons (Fsp3) is 0.615. The standard InChI is InChI=1S/C13H21N5S/c1-4-6-14-12(13-9-19-17-15-13)8-11-5-7-18(16-11)10(2)3/h5,7,9-10,12,14H,4,6,8H2,1-3H3. The van der Waals surface area contributed by atoms with Crippen LogP contribution in [0.25, 0.3) is 0 Å². The van der Waals surface area contributed by atoms with Gasteiger partial charge < -0.3 is 5.32 Å². The normalized spacial score (nSPS) is 13.1. The topological polar surface area (TPSA) is 55.6 Å². The summed E-state index contributed by atoms with van der Waals surface area (Å²) in [6, 6.07) is 2.69. The molecule has 0 aliphatic carbocycles. The lowest BCUT2D eigenvalue weighted by Gasteiger charge is -2.14. The summed E-state index contributed by atoms with van der Waals surface area (Å²) in [6.45, 7) is 7.41. The Morgan fingerprint density at radius 3 is 2.84 bits per heavy atom. The molecule has 0 amide bonds. The van der Waals surface area contributed by atoms with E-state index < -0.39 is 0 Å². The fourth-order valence-corrected chi connectivity index (χ4v) is 2.41. The third kappa shape index (κ3) is 3.84. The lowest BCUT2D eigenvalue weighted by molar-refractivity contribution is 0.492. The molecule has 6 heteroatoms. The largest absolute Gasteiger partial charge is 0.308 e. The van der Waals surface area contributed by atoms with E-state index in [-0.39, 0.29) is 6.04 Å². The zero-order valence-electron chi connectivity index (χ0n) is 11.7. The molecule has 1 N–H and O–H groups in total. The number of nitrogens with zero attached hydrogens (tertiary/aromatic N) is 4. The van der Waals surface area contributed by atoms with Gasteiger partial charge >= 0.3 is 0 Å². The van der Waals surface area contributed by atoms with Gasteiger partial charge in [0.15, 0.2) is 0 Å². The highest BCUT2D eigenvalue weighted by atomic mass is 32.1. The third-order valence-corrected chi connectivity index (χ3v) is 3.50. The van der Waals surface area contributed by atoms with Crippen LogP contribution in [0.1, 0.15) is 50.7 Å². The molecule has 104 valence electrons. The molecule has 19 heavy (non-hydrogen) atoms. The van der Waals surface area contributed by atoms with Crippen molar-refractivity contribution in [2.45, 2.75) is 45.7 Å². The molecule has 2 aromatic heterocycles. The van der Waals surface area contributed by atoms with Crippen LogP contribution >= 0.6 is 11.5 Å². The van der Waals surface area contributed by atoms with Gasteiger partial charge in [0.1, 0.15) is 0 Å². The number of rotatable bonds is 7. The molecule has 5 nitrogen and oxygen atoms in total. The summed E-state index contributed by atoms with van der Waals surface area (Å²) in [6.07, 6.45) is 4.00. The van der Waals surface area contributed by atoms with Crippen molar-refractivity contribution in [3.05, 3.63) is 29.0 Å². The van der Waals surface area contributed by atoms with Crippen LogP contribution in [0.2, 0.25) is 0 Å². The first-order valence-electron chi connectivity index (χ1n) is 6.75. The number of hydrogen-bond donors (Lipinski definition) is 1. The average Bonchev–Trinajstić information content (AvgIpc) is 3.05. The third-order valence-electron chi connectivity index (χ3n) is 2.98. The number of nitrogens with one attached hydrogen (secondary N) is 1. The van der Waals surface area contributed by atoms with Crippen LogP contribution in [0.5, 0.6) is 0 Å². The van der Waals surface area contributed by atoms with Crippen LogP contribution in [0, 0.1) is 0 Å². The van der Waals surface area contributed by atoms with Crippen LogP contribution in [-0.2, 0) is 6.42 Å². The van der Waals surface area contributed by atoms with Gasteiger partial charge in [-0.15, -0.1) is 5.10 Å². The van der Waals surface area contributed by atoms with Gasteiger partial charge in [-0.3, -0.25) is 4.68 Å². The first-order valence-corrected chi connectivity index (χ1v) is 7.58. The van der Waals surface area contributed by atoms with Crippen LogP contribution < -0.4 is 5.32 Å². The molecule has 0 bridgehead atoms. The monoisotopic (exact) mass is 279 g/mol. The van der Waals surface area contributed by atoms with Crippen molar-refractivity contribution in [1.82, 2.24) is 24.7 Å². The van der Waals surface area contributed by atoms with Gasteiger partial charge in [-0.1, -0.05) is 11.4 Å². The van der Waals surface area contributed by atoms with E-state index in [0.29, 0.717) is 6.04 Å². The van der Waals surface area contributed by atoms with Crippen molar-refractivity contribution < 1.29 is 0 Å². The Morgan fingerprint density at radius 2 is 2.26 bits per heavy atom. The molecule has 2 heterocycles. The van der Waals surface area contributed by atoms with Gasteiger partial charge in [-0.2, -0.15) is 5.10 Å². The highest BCUT2D eigenvalue weighted by Gasteiger charge is 2.16. The Hall–Kier alpha value is -1.27. The number of aromatic nitrogens is 4. The van der Waals surface area contributed by atoms with Gasteiger partial charge in [0.2, 0.25) is 0 Å². The van der Waals surface area contributed by atoms with Crippen molar-refractivity contribution in [1.29, 1.82) is 0 Å². The van der Waals surface area contributed by atoms with E-state index in [1.807, 2.05) is 16.3 Å². The molecular formula is C13H21N5S.